The molecule has 0 bridgehead atoms. The van der Waals surface area contributed by atoms with Gasteiger partial charge in [0.1, 0.15) is 12.5 Å². The molecule has 2 heterocycles. The van der Waals surface area contributed by atoms with Crippen molar-refractivity contribution in [1.82, 2.24) is 19.9 Å². The highest BCUT2D eigenvalue weighted by atomic mass is 35.5. The molecule has 104 valence electrons. The molecule has 0 atom stereocenters. The molecule has 21 heavy (non-hydrogen) atoms. The van der Waals surface area contributed by atoms with Crippen molar-refractivity contribution in [2.24, 2.45) is 5.16 Å². The number of rotatable bonds is 3. The molecule has 0 saturated heterocycles. The Kier molecular flexibility index (Phi) is 3.61. The van der Waals surface area contributed by atoms with Gasteiger partial charge < -0.3 is 10.2 Å². The van der Waals surface area contributed by atoms with E-state index in [0.29, 0.717) is 22.2 Å². The quantitative estimate of drug-likeness (QED) is 0.442. The zero-order valence-electron chi connectivity index (χ0n) is 10.7. The van der Waals surface area contributed by atoms with Crippen molar-refractivity contribution in [3.63, 3.8) is 0 Å². The highest BCUT2D eigenvalue weighted by molar-refractivity contribution is 6.30. The molecule has 0 unspecified atom stereocenters. The minimum Gasteiger partial charge on any atom is -0.411 e. The highest BCUT2D eigenvalue weighted by Crippen LogP contribution is 2.29. The summed E-state index contributed by atoms with van der Waals surface area (Å²) in [5, 5.41) is 12.3. The van der Waals surface area contributed by atoms with Gasteiger partial charge in [0.15, 0.2) is 5.82 Å². The van der Waals surface area contributed by atoms with Crippen molar-refractivity contribution in [3.8, 4) is 22.6 Å². The van der Waals surface area contributed by atoms with Gasteiger partial charge in [-0.2, -0.15) is 0 Å². The Morgan fingerprint density at radius 1 is 1.19 bits per heavy atom. The smallest absolute Gasteiger partial charge is 0.153 e. The van der Waals surface area contributed by atoms with Crippen LogP contribution in [0.2, 0.25) is 5.02 Å². The Morgan fingerprint density at radius 2 is 2.00 bits per heavy atom. The molecule has 0 spiro atoms. The van der Waals surface area contributed by atoms with E-state index >= 15 is 0 Å². The Bertz CT molecular complexity index is 768. The minimum absolute atomic E-state index is 0.427. The molecule has 6 nitrogen and oxygen atoms in total. The molecule has 1 aromatic carbocycles. The van der Waals surface area contributed by atoms with Crippen molar-refractivity contribution in [1.29, 1.82) is 0 Å². The van der Waals surface area contributed by atoms with Crippen LogP contribution in [0, 0.1) is 0 Å². The number of hydrogen-bond donors (Lipinski definition) is 2. The van der Waals surface area contributed by atoms with Crippen LogP contribution in [-0.2, 0) is 0 Å². The van der Waals surface area contributed by atoms with Gasteiger partial charge in [-0.3, -0.25) is 0 Å². The number of halogens is 1. The molecule has 0 aliphatic carbocycles. The van der Waals surface area contributed by atoms with Crippen molar-refractivity contribution in [2.45, 2.75) is 0 Å². The lowest BCUT2D eigenvalue weighted by molar-refractivity contribution is 0.321. The number of aromatic nitrogens is 4. The van der Waals surface area contributed by atoms with E-state index in [9.17, 15) is 0 Å². The number of imidazole rings is 1. The van der Waals surface area contributed by atoms with Crippen LogP contribution in [0.15, 0.2) is 48.0 Å². The van der Waals surface area contributed by atoms with Crippen LogP contribution in [0.25, 0.3) is 22.6 Å². The lowest BCUT2D eigenvalue weighted by Gasteiger charge is -2.02. The molecular formula is C14H10ClN5O. The lowest BCUT2D eigenvalue weighted by Crippen LogP contribution is -1.87. The normalized spacial score (nSPS) is 11.1. The van der Waals surface area contributed by atoms with Crippen molar-refractivity contribution in [3.05, 3.63) is 53.7 Å². The van der Waals surface area contributed by atoms with E-state index in [0.717, 1.165) is 11.3 Å². The van der Waals surface area contributed by atoms with Gasteiger partial charge in [-0.1, -0.05) is 28.9 Å². The lowest BCUT2D eigenvalue weighted by atomic mass is 10.1. The Hall–Kier alpha value is -2.73. The second kappa shape index (κ2) is 5.72. The average molecular weight is 300 g/mol. The number of hydrogen-bond acceptors (Lipinski definition) is 5. The topological polar surface area (TPSA) is 87.1 Å². The number of benzene rings is 1. The van der Waals surface area contributed by atoms with Crippen LogP contribution >= 0.6 is 11.6 Å². The zero-order chi connectivity index (χ0) is 14.7. The number of aromatic amines is 1. The molecule has 0 saturated carbocycles. The van der Waals surface area contributed by atoms with Crippen LogP contribution in [0.3, 0.4) is 0 Å². The van der Waals surface area contributed by atoms with Gasteiger partial charge in [-0.05, 0) is 18.2 Å². The maximum absolute atomic E-state index is 8.66. The van der Waals surface area contributed by atoms with Gasteiger partial charge in [0.25, 0.3) is 0 Å². The molecule has 2 N–H and O–H groups in total. The van der Waals surface area contributed by atoms with E-state index in [-0.39, 0.29) is 0 Å². The maximum Gasteiger partial charge on any atom is 0.153 e. The summed E-state index contributed by atoms with van der Waals surface area (Å²) in [7, 11) is 0. The first-order valence-electron chi connectivity index (χ1n) is 6.07. The fraction of sp³-hybridized carbons (Fsp3) is 0. The Labute approximate surface area is 125 Å². The summed E-state index contributed by atoms with van der Waals surface area (Å²) >= 11 is 5.91. The minimum atomic E-state index is 0.427. The predicted octanol–water partition coefficient (Wildman–Crippen LogP) is 3.00. The summed E-state index contributed by atoms with van der Waals surface area (Å²) in [5.74, 6) is 0.427. The molecule has 0 radical (unpaired) electrons. The standard InChI is InChI=1S/C14H10ClN5O/c15-10-3-1-9(2-4-10)13-14(11-5-6-16-8-17-11)20-12(19-13)7-18-21/h1-8,21H,(H,19,20)/b18-7+. The average Bonchev–Trinajstić information content (AvgIpc) is 2.93. The SMILES string of the molecule is O/N=C/c1nc(-c2ccc(Cl)cc2)c(-c2ccncn2)[nH]1. The van der Waals surface area contributed by atoms with E-state index in [1.165, 1.54) is 12.5 Å². The van der Waals surface area contributed by atoms with Crippen molar-refractivity contribution >= 4 is 17.8 Å². The molecule has 7 heteroatoms. The summed E-state index contributed by atoms with van der Waals surface area (Å²) in [4.78, 5) is 15.6. The fourth-order valence-corrected chi connectivity index (χ4v) is 2.07. The second-order valence-electron chi connectivity index (χ2n) is 4.19. The predicted molar refractivity (Wildman–Crippen MR) is 79.4 cm³/mol. The molecule has 3 rings (SSSR count). The van der Waals surface area contributed by atoms with Crippen molar-refractivity contribution < 1.29 is 5.21 Å². The van der Waals surface area contributed by atoms with Gasteiger partial charge >= 0.3 is 0 Å². The number of oxime groups is 1. The molecule has 2 aromatic heterocycles. The van der Waals surface area contributed by atoms with Gasteiger partial charge in [-0.15, -0.1) is 0 Å². The van der Waals surface area contributed by atoms with Gasteiger partial charge in [0, 0.05) is 16.8 Å². The van der Waals surface area contributed by atoms with Crippen LogP contribution < -0.4 is 0 Å². The van der Waals surface area contributed by atoms with Crippen LogP contribution in [0.4, 0.5) is 0 Å². The van der Waals surface area contributed by atoms with Crippen LogP contribution in [0.1, 0.15) is 5.82 Å². The first-order valence-corrected chi connectivity index (χ1v) is 6.45. The molecule has 3 aromatic rings. The summed E-state index contributed by atoms with van der Waals surface area (Å²) in [6.45, 7) is 0. The number of H-pyrrole nitrogens is 1. The van der Waals surface area contributed by atoms with E-state index in [4.69, 9.17) is 16.8 Å². The van der Waals surface area contributed by atoms with E-state index < -0.39 is 0 Å². The monoisotopic (exact) mass is 299 g/mol. The number of nitrogens with zero attached hydrogens (tertiary/aromatic N) is 4. The van der Waals surface area contributed by atoms with Gasteiger partial charge in [0.2, 0.25) is 0 Å². The van der Waals surface area contributed by atoms with Gasteiger partial charge in [-0.25, -0.2) is 15.0 Å². The van der Waals surface area contributed by atoms with E-state index in [1.807, 2.05) is 12.1 Å². The molecule has 0 aliphatic rings. The third-order valence-electron chi connectivity index (χ3n) is 2.86. The second-order valence-corrected chi connectivity index (χ2v) is 4.63. The van der Waals surface area contributed by atoms with Crippen LogP contribution in [0.5, 0.6) is 0 Å². The highest BCUT2D eigenvalue weighted by Gasteiger charge is 2.14. The molecule has 0 amide bonds. The van der Waals surface area contributed by atoms with E-state index in [1.54, 1.807) is 24.4 Å². The summed E-state index contributed by atoms with van der Waals surface area (Å²) in [6, 6.07) is 9.07. The molecule has 0 fully saturated rings. The summed E-state index contributed by atoms with van der Waals surface area (Å²) < 4.78 is 0. The first kappa shape index (κ1) is 13.3. The van der Waals surface area contributed by atoms with Crippen LogP contribution in [-0.4, -0.2) is 31.4 Å². The van der Waals surface area contributed by atoms with E-state index in [2.05, 4.69) is 25.1 Å². The largest absolute Gasteiger partial charge is 0.411 e. The van der Waals surface area contributed by atoms with Crippen molar-refractivity contribution in [2.75, 3.05) is 0 Å². The number of nitrogens with one attached hydrogen (secondary N) is 1. The fourth-order valence-electron chi connectivity index (χ4n) is 1.95. The Morgan fingerprint density at radius 3 is 2.67 bits per heavy atom. The zero-order valence-corrected chi connectivity index (χ0v) is 11.5. The summed E-state index contributed by atoms with van der Waals surface area (Å²) in [5.41, 5.74) is 2.98. The maximum atomic E-state index is 8.66. The first-order chi connectivity index (χ1) is 10.3. The third kappa shape index (κ3) is 2.75. The molecule has 0 aliphatic heterocycles. The molecular weight excluding hydrogens is 290 g/mol. The van der Waals surface area contributed by atoms with Gasteiger partial charge in [0.05, 0.1) is 17.1 Å². The summed E-state index contributed by atoms with van der Waals surface area (Å²) in [6.07, 6.45) is 4.33. The Balaban J connectivity index is 2.16. The third-order valence-corrected chi connectivity index (χ3v) is 3.11.